The predicted octanol–water partition coefficient (Wildman–Crippen LogP) is 2.54. The summed E-state index contributed by atoms with van der Waals surface area (Å²) in [5, 5.41) is 8.32. The number of pyridine rings is 1. The zero-order chi connectivity index (χ0) is 20.5. The van der Waals surface area contributed by atoms with Gasteiger partial charge in [0.05, 0.1) is 18.4 Å². The summed E-state index contributed by atoms with van der Waals surface area (Å²) in [6, 6.07) is 8.98. The standard InChI is InChI=1S/C21H22N6O2/c1-13-17-11-15(12-23-19(17)27(3)25-13)21(28)24-18(20-22-9-10-26(20)2)14-5-7-16(29-4)8-6-14/h5-12,18H,1-4H3,(H,24,28)/t18-/m1/s1. The van der Waals surface area contributed by atoms with Crippen molar-refractivity contribution in [1.82, 2.24) is 29.6 Å². The number of aromatic nitrogens is 5. The van der Waals surface area contributed by atoms with Gasteiger partial charge in [0.15, 0.2) is 5.65 Å². The van der Waals surface area contributed by atoms with Crippen LogP contribution in [0, 0.1) is 6.92 Å². The zero-order valence-corrected chi connectivity index (χ0v) is 16.7. The van der Waals surface area contributed by atoms with Crippen molar-refractivity contribution in [3.63, 3.8) is 0 Å². The minimum absolute atomic E-state index is 0.230. The van der Waals surface area contributed by atoms with Crippen LogP contribution in [0.5, 0.6) is 5.75 Å². The SMILES string of the molecule is COc1ccc([C@@H](NC(=O)c2cnc3c(c2)c(C)nn3C)c2nccn2C)cc1. The zero-order valence-electron chi connectivity index (χ0n) is 16.7. The van der Waals surface area contributed by atoms with E-state index in [0.717, 1.165) is 33.9 Å². The number of methoxy groups -OCH3 is 1. The van der Waals surface area contributed by atoms with Gasteiger partial charge in [0, 0.05) is 38.1 Å². The maximum absolute atomic E-state index is 13.1. The van der Waals surface area contributed by atoms with Gasteiger partial charge >= 0.3 is 0 Å². The van der Waals surface area contributed by atoms with E-state index in [1.165, 1.54) is 0 Å². The van der Waals surface area contributed by atoms with Gasteiger partial charge in [0.25, 0.3) is 5.91 Å². The molecule has 0 aliphatic rings. The molecule has 0 saturated carbocycles. The van der Waals surface area contributed by atoms with Crippen molar-refractivity contribution in [2.75, 3.05) is 7.11 Å². The number of carbonyl (C=O) groups excluding carboxylic acids is 1. The van der Waals surface area contributed by atoms with Crippen LogP contribution in [-0.4, -0.2) is 37.3 Å². The maximum atomic E-state index is 13.1. The molecule has 3 heterocycles. The van der Waals surface area contributed by atoms with Crippen molar-refractivity contribution in [3.8, 4) is 5.75 Å². The van der Waals surface area contributed by atoms with Gasteiger partial charge in [0.1, 0.15) is 17.6 Å². The molecular weight excluding hydrogens is 368 g/mol. The summed E-state index contributed by atoms with van der Waals surface area (Å²) in [7, 11) is 5.36. The highest BCUT2D eigenvalue weighted by Crippen LogP contribution is 2.24. The van der Waals surface area contributed by atoms with E-state index in [4.69, 9.17) is 4.74 Å². The Hall–Kier alpha value is -3.68. The molecule has 8 nitrogen and oxygen atoms in total. The maximum Gasteiger partial charge on any atom is 0.253 e. The lowest BCUT2D eigenvalue weighted by atomic mass is 10.0. The summed E-state index contributed by atoms with van der Waals surface area (Å²) >= 11 is 0. The van der Waals surface area contributed by atoms with Gasteiger partial charge in [-0.2, -0.15) is 5.10 Å². The van der Waals surface area contributed by atoms with Gasteiger partial charge in [-0.1, -0.05) is 12.1 Å². The van der Waals surface area contributed by atoms with Crippen molar-refractivity contribution >= 4 is 16.9 Å². The lowest BCUT2D eigenvalue weighted by molar-refractivity contribution is 0.0941. The molecule has 4 aromatic rings. The van der Waals surface area contributed by atoms with Crippen LogP contribution >= 0.6 is 0 Å². The number of rotatable bonds is 5. The average Bonchev–Trinajstić information content (AvgIpc) is 3.28. The number of carbonyl (C=O) groups is 1. The smallest absolute Gasteiger partial charge is 0.253 e. The van der Waals surface area contributed by atoms with Crippen molar-refractivity contribution in [2.45, 2.75) is 13.0 Å². The normalized spacial score (nSPS) is 12.1. The number of hydrogen-bond acceptors (Lipinski definition) is 5. The first-order valence-corrected chi connectivity index (χ1v) is 9.19. The summed E-state index contributed by atoms with van der Waals surface area (Å²) in [6.07, 6.45) is 5.14. The molecule has 1 aromatic carbocycles. The molecule has 0 aliphatic heterocycles. The third-order valence-corrected chi connectivity index (χ3v) is 4.97. The van der Waals surface area contributed by atoms with Crippen molar-refractivity contribution in [3.05, 3.63) is 71.6 Å². The summed E-state index contributed by atoms with van der Waals surface area (Å²) in [5.41, 5.74) is 2.96. The second-order valence-corrected chi connectivity index (χ2v) is 6.88. The van der Waals surface area contributed by atoms with Crippen LogP contribution in [0.25, 0.3) is 11.0 Å². The molecule has 0 bridgehead atoms. The van der Waals surface area contributed by atoms with Gasteiger partial charge in [-0.15, -0.1) is 0 Å². The Labute approximate surface area is 168 Å². The van der Waals surface area contributed by atoms with E-state index in [1.807, 2.05) is 62.1 Å². The Morgan fingerprint density at radius 3 is 2.59 bits per heavy atom. The van der Waals surface area contributed by atoms with Gasteiger partial charge in [-0.05, 0) is 30.7 Å². The molecule has 0 spiro atoms. The van der Waals surface area contributed by atoms with E-state index in [2.05, 4.69) is 20.4 Å². The summed E-state index contributed by atoms with van der Waals surface area (Å²) < 4.78 is 8.84. The fraction of sp³-hybridized carbons (Fsp3) is 0.238. The highest BCUT2D eigenvalue weighted by molar-refractivity contribution is 5.97. The van der Waals surface area contributed by atoms with Crippen molar-refractivity contribution in [1.29, 1.82) is 0 Å². The Morgan fingerprint density at radius 2 is 1.93 bits per heavy atom. The lowest BCUT2D eigenvalue weighted by Gasteiger charge is -2.19. The van der Waals surface area contributed by atoms with E-state index in [0.29, 0.717) is 5.56 Å². The Morgan fingerprint density at radius 1 is 1.17 bits per heavy atom. The Balaban J connectivity index is 1.69. The summed E-state index contributed by atoms with van der Waals surface area (Å²) in [4.78, 5) is 21.9. The molecule has 0 radical (unpaired) electrons. The quantitative estimate of drug-likeness (QED) is 0.566. The number of benzene rings is 1. The van der Waals surface area contributed by atoms with Crippen LogP contribution in [-0.2, 0) is 14.1 Å². The van der Waals surface area contributed by atoms with E-state index in [1.54, 1.807) is 24.2 Å². The topological polar surface area (TPSA) is 86.9 Å². The van der Waals surface area contributed by atoms with E-state index < -0.39 is 6.04 Å². The number of aryl methyl sites for hydroxylation is 3. The predicted molar refractivity (Wildman–Crippen MR) is 109 cm³/mol. The molecule has 148 valence electrons. The molecular formula is C21H22N6O2. The third kappa shape index (κ3) is 3.44. The molecule has 1 atom stereocenters. The van der Waals surface area contributed by atoms with Gasteiger partial charge in [-0.3, -0.25) is 9.48 Å². The molecule has 0 fully saturated rings. The van der Waals surface area contributed by atoms with Crippen LogP contribution in [0.3, 0.4) is 0 Å². The highest BCUT2D eigenvalue weighted by Gasteiger charge is 2.22. The molecule has 1 amide bonds. The molecule has 0 aliphatic carbocycles. The van der Waals surface area contributed by atoms with Crippen LogP contribution in [0.2, 0.25) is 0 Å². The number of fused-ring (bicyclic) bond motifs is 1. The molecule has 0 unspecified atom stereocenters. The number of imidazole rings is 1. The number of nitrogens with one attached hydrogen (secondary N) is 1. The van der Waals surface area contributed by atoms with Crippen LogP contribution in [0.15, 0.2) is 48.9 Å². The lowest BCUT2D eigenvalue weighted by Crippen LogP contribution is -2.31. The first kappa shape index (κ1) is 18.7. The van der Waals surface area contributed by atoms with Crippen molar-refractivity contribution < 1.29 is 9.53 Å². The molecule has 1 N–H and O–H groups in total. The second kappa shape index (κ2) is 7.38. The van der Waals surface area contributed by atoms with Crippen LogP contribution < -0.4 is 10.1 Å². The fourth-order valence-electron chi connectivity index (χ4n) is 3.40. The summed E-state index contributed by atoms with van der Waals surface area (Å²) in [6.45, 7) is 1.90. The molecule has 4 rings (SSSR count). The first-order valence-electron chi connectivity index (χ1n) is 9.19. The van der Waals surface area contributed by atoms with E-state index >= 15 is 0 Å². The second-order valence-electron chi connectivity index (χ2n) is 6.88. The van der Waals surface area contributed by atoms with E-state index in [9.17, 15) is 4.79 Å². The Bertz CT molecular complexity index is 1180. The highest BCUT2D eigenvalue weighted by atomic mass is 16.5. The number of hydrogen-bond donors (Lipinski definition) is 1. The number of ether oxygens (including phenoxy) is 1. The monoisotopic (exact) mass is 390 g/mol. The molecule has 29 heavy (non-hydrogen) atoms. The molecule has 8 heteroatoms. The summed E-state index contributed by atoms with van der Waals surface area (Å²) in [5.74, 6) is 1.25. The Kier molecular flexibility index (Phi) is 4.75. The minimum atomic E-state index is -0.418. The van der Waals surface area contributed by atoms with Gasteiger partial charge in [0.2, 0.25) is 0 Å². The van der Waals surface area contributed by atoms with Gasteiger partial charge < -0.3 is 14.6 Å². The minimum Gasteiger partial charge on any atom is -0.497 e. The average molecular weight is 390 g/mol. The number of amides is 1. The van der Waals surface area contributed by atoms with Crippen LogP contribution in [0.4, 0.5) is 0 Å². The van der Waals surface area contributed by atoms with Crippen LogP contribution in [0.1, 0.15) is 33.5 Å². The van der Waals surface area contributed by atoms with Gasteiger partial charge in [-0.25, -0.2) is 9.97 Å². The first-order chi connectivity index (χ1) is 14.0. The third-order valence-electron chi connectivity index (χ3n) is 4.97. The van der Waals surface area contributed by atoms with Crippen molar-refractivity contribution in [2.24, 2.45) is 14.1 Å². The largest absolute Gasteiger partial charge is 0.497 e. The molecule has 3 aromatic heterocycles. The molecule has 0 saturated heterocycles. The fourth-order valence-corrected chi connectivity index (χ4v) is 3.40. The number of nitrogens with zero attached hydrogens (tertiary/aromatic N) is 5. The van der Waals surface area contributed by atoms with E-state index in [-0.39, 0.29) is 5.91 Å².